The molecular formula is C11H9F2N3S. The quantitative estimate of drug-likeness (QED) is 0.660. The first-order valence-corrected chi connectivity index (χ1v) is 5.96. The number of nitrogens with two attached hydrogens (primary N) is 1. The Balaban J connectivity index is 2.55. The van der Waals surface area contributed by atoms with Crippen LogP contribution in [0.1, 0.15) is 0 Å². The van der Waals surface area contributed by atoms with Gasteiger partial charge >= 0.3 is 0 Å². The maximum atomic E-state index is 13.6. The third kappa shape index (κ3) is 2.52. The predicted molar refractivity (Wildman–Crippen MR) is 63.6 cm³/mol. The van der Waals surface area contributed by atoms with E-state index in [1.54, 1.807) is 6.26 Å². The topological polar surface area (TPSA) is 51.8 Å². The highest BCUT2D eigenvalue weighted by Gasteiger charge is 2.10. The Bertz CT molecular complexity index is 560. The fourth-order valence-electron chi connectivity index (χ4n) is 1.37. The number of hydrogen-bond acceptors (Lipinski definition) is 4. The van der Waals surface area contributed by atoms with Crippen LogP contribution in [-0.2, 0) is 0 Å². The van der Waals surface area contributed by atoms with Gasteiger partial charge in [-0.15, -0.1) is 0 Å². The molecule has 0 bridgehead atoms. The first-order valence-electron chi connectivity index (χ1n) is 4.74. The van der Waals surface area contributed by atoms with Crippen LogP contribution in [0.15, 0.2) is 29.4 Å². The number of nitrogen functional groups attached to an aromatic ring is 1. The van der Waals surface area contributed by atoms with Crippen molar-refractivity contribution in [2.24, 2.45) is 0 Å². The second-order valence-electron chi connectivity index (χ2n) is 3.29. The smallest absolute Gasteiger partial charge is 0.189 e. The van der Waals surface area contributed by atoms with Gasteiger partial charge in [-0.1, -0.05) is 11.8 Å². The van der Waals surface area contributed by atoms with Crippen molar-refractivity contribution < 1.29 is 8.78 Å². The number of aromatic nitrogens is 2. The minimum absolute atomic E-state index is 0.204. The molecule has 0 saturated heterocycles. The number of hydrogen-bond donors (Lipinski definition) is 1. The molecule has 0 aliphatic rings. The SMILES string of the molecule is CSc1nc(N)cc(-c2ccc(F)cc2F)n1. The van der Waals surface area contributed by atoms with Crippen LogP contribution in [0.5, 0.6) is 0 Å². The lowest BCUT2D eigenvalue weighted by Gasteiger charge is -2.05. The van der Waals surface area contributed by atoms with E-state index >= 15 is 0 Å². The summed E-state index contributed by atoms with van der Waals surface area (Å²) in [5.74, 6) is -1.04. The van der Waals surface area contributed by atoms with E-state index < -0.39 is 11.6 Å². The van der Waals surface area contributed by atoms with Gasteiger partial charge in [0.25, 0.3) is 0 Å². The molecule has 0 radical (unpaired) electrons. The molecular weight excluding hydrogens is 244 g/mol. The van der Waals surface area contributed by atoms with Gasteiger partial charge in [-0.25, -0.2) is 18.7 Å². The highest BCUT2D eigenvalue weighted by molar-refractivity contribution is 7.98. The van der Waals surface area contributed by atoms with Gasteiger partial charge in [0.2, 0.25) is 0 Å². The summed E-state index contributed by atoms with van der Waals surface area (Å²) in [5, 5.41) is 0.448. The van der Waals surface area contributed by atoms with Crippen molar-refractivity contribution in [2.45, 2.75) is 5.16 Å². The zero-order valence-corrected chi connectivity index (χ0v) is 9.76. The fourth-order valence-corrected chi connectivity index (χ4v) is 1.76. The Morgan fingerprint density at radius 3 is 2.59 bits per heavy atom. The molecule has 1 aromatic carbocycles. The lowest BCUT2D eigenvalue weighted by atomic mass is 10.1. The molecule has 88 valence electrons. The Hall–Kier alpha value is -1.69. The highest BCUT2D eigenvalue weighted by atomic mass is 32.2. The zero-order valence-electron chi connectivity index (χ0n) is 8.95. The van der Waals surface area contributed by atoms with E-state index in [9.17, 15) is 8.78 Å². The normalized spacial score (nSPS) is 10.5. The van der Waals surface area contributed by atoms with Crippen LogP contribution < -0.4 is 5.73 Å². The molecule has 2 aromatic rings. The molecule has 3 nitrogen and oxygen atoms in total. The number of nitrogens with zero attached hydrogens (tertiary/aromatic N) is 2. The number of anilines is 1. The average Bonchev–Trinajstić information content (AvgIpc) is 2.28. The van der Waals surface area contributed by atoms with Crippen molar-refractivity contribution in [2.75, 3.05) is 12.0 Å². The van der Waals surface area contributed by atoms with Crippen LogP contribution in [0.25, 0.3) is 11.3 Å². The summed E-state index contributed by atoms with van der Waals surface area (Å²) in [6, 6.07) is 4.77. The van der Waals surface area contributed by atoms with Crippen molar-refractivity contribution >= 4 is 17.6 Å². The van der Waals surface area contributed by atoms with E-state index in [0.717, 1.165) is 6.07 Å². The van der Waals surface area contributed by atoms with Crippen LogP contribution in [0, 0.1) is 11.6 Å². The monoisotopic (exact) mass is 253 g/mol. The average molecular weight is 253 g/mol. The Kier molecular flexibility index (Phi) is 3.23. The maximum Gasteiger partial charge on any atom is 0.189 e. The summed E-state index contributed by atoms with van der Waals surface area (Å²) < 4.78 is 26.3. The van der Waals surface area contributed by atoms with E-state index in [0.29, 0.717) is 10.9 Å². The third-order valence-electron chi connectivity index (χ3n) is 2.12. The summed E-state index contributed by atoms with van der Waals surface area (Å²) in [6.07, 6.45) is 1.79. The number of benzene rings is 1. The summed E-state index contributed by atoms with van der Waals surface area (Å²) in [4.78, 5) is 8.08. The van der Waals surface area contributed by atoms with Crippen molar-refractivity contribution in [3.8, 4) is 11.3 Å². The summed E-state index contributed by atoms with van der Waals surface area (Å²) in [7, 11) is 0. The molecule has 0 fully saturated rings. The van der Waals surface area contributed by atoms with E-state index in [2.05, 4.69) is 9.97 Å². The minimum atomic E-state index is -0.671. The molecule has 17 heavy (non-hydrogen) atoms. The number of thioether (sulfide) groups is 1. The van der Waals surface area contributed by atoms with Gasteiger partial charge in [0.15, 0.2) is 5.16 Å². The molecule has 0 atom stereocenters. The van der Waals surface area contributed by atoms with Gasteiger partial charge in [-0.05, 0) is 18.4 Å². The van der Waals surface area contributed by atoms with Crippen LogP contribution in [0.3, 0.4) is 0 Å². The van der Waals surface area contributed by atoms with Crippen molar-refractivity contribution in [1.29, 1.82) is 0 Å². The van der Waals surface area contributed by atoms with Gasteiger partial charge in [0.1, 0.15) is 17.5 Å². The standard InChI is InChI=1S/C11H9F2N3S/c1-17-11-15-9(5-10(14)16-11)7-3-2-6(12)4-8(7)13/h2-5H,1H3,(H2,14,15,16). The fraction of sp³-hybridized carbons (Fsp3) is 0.0909. The van der Waals surface area contributed by atoms with E-state index in [-0.39, 0.29) is 11.4 Å². The summed E-state index contributed by atoms with van der Waals surface area (Å²) >= 11 is 1.30. The molecule has 0 amide bonds. The molecule has 1 aromatic heterocycles. The summed E-state index contributed by atoms with van der Waals surface area (Å²) in [5.41, 5.74) is 6.14. The first-order chi connectivity index (χ1) is 8.10. The summed E-state index contributed by atoms with van der Waals surface area (Å²) in [6.45, 7) is 0. The first kappa shape index (κ1) is 11.8. The maximum absolute atomic E-state index is 13.6. The van der Waals surface area contributed by atoms with Crippen molar-refractivity contribution in [3.05, 3.63) is 35.9 Å². The van der Waals surface area contributed by atoms with Gasteiger partial charge in [-0.2, -0.15) is 0 Å². The number of halogens is 2. The van der Waals surface area contributed by atoms with E-state index in [1.165, 1.54) is 30.0 Å². The molecule has 0 saturated carbocycles. The Morgan fingerprint density at radius 2 is 1.94 bits per heavy atom. The van der Waals surface area contributed by atoms with Gasteiger partial charge in [0.05, 0.1) is 5.69 Å². The molecule has 0 aliphatic heterocycles. The van der Waals surface area contributed by atoms with Gasteiger partial charge in [0, 0.05) is 17.7 Å². The largest absolute Gasteiger partial charge is 0.384 e. The van der Waals surface area contributed by atoms with Crippen LogP contribution in [0.2, 0.25) is 0 Å². The van der Waals surface area contributed by atoms with Crippen molar-refractivity contribution in [3.63, 3.8) is 0 Å². The van der Waals surface area contributed by atoms with Crippen LogP contribution in [0.4, 0.5) is 14.6 Å². The second-order valence-corrected chi connectivity index (χ2v) is 4.06. The van der Waals surface area contributed by atoms with Gasteiger partial charge in [-0.3, -0.25) is 0 Å². The molecule has 0 unspecified atom stereocenters. The minimum Gasteiger partial charge on any atom is -0.384 e. The molecule has 0 aliphatic carbocycles. The zero-order chi connectivity index (χ0) is 12.4. The lowest BCUT2D eigenvalue weighted by molar-refractivity contribution is 0.585. The van der Waals surface area contributed by atoms with Crippen molar-refractivity contribution in [1.82, 2.24) is 9.97 Å². The van der Waals surface area contributed by atoms with E-state index in [4.69, 9.17) is 5.73 Å². The third-order valence-corrected chi connectivity index (χ3v) is 2.66. The molecule has 2 rings (SSSR count). The van der Waals surface area contributed by atoms with Crippen LogP contribution >= 0.6 is 11.8 Å². The number of rotatable bonds is 2. The van der Waals surface area contributed by atoms with E-state index in [1.807, 2.05) is 0 Å². The van der Waals surface area contributed by atoms with Gasteiger partial charge < -0.3 is 5.73 Å². The molecule has 6 heteroatoms. The Labute approximate surface area is 101 Å². The molecule has 1 heterocycles. The Morgan fingerprint density at radius 1 is 1.18 bits per heavy atom. The predicted octanol–water partition coefficient (Wildman–Crippen LogP) is 2.73. The lowest BCUT2D eigenvalue weighted by Crippen LogP contribution is -1.98. The molecule has 0 spiro atoms. The molecule has 2 N–H and O–H groups in total. The highest BCUT2D eigenvalue weighted by Crippen LogP contribution is 2.24. The van der Waals surface area contributed by atoms with Crippen LogP contribution in [-0.4, -0.2) is 16.2 Å². The second kappa shape index (κ2) is 4.67.